The molecule has 29 heavy (non-hydrogen) atoms. The van der Waals surface area contributed by atoms with Crippen LogP contribution in [0.15, 0.2) is 47.0 Å². The molecule has 1 heterocycles. The minimum Gasteiger partial charge on any atom is -0.497 e. The molecule has 0 fully saturated rings. The van der Waals surface area contributed by atoms with Crippen molar-refractivity contribution in [2.75, 3.05) is 26.6 Å². The molecule has 3 rings (SSSR count). The summed E-state index contributed by atoms with van der Waals surface area (Å²) in [6, 6.07) is 10.7. The monoisotopic (exact) mass is 416 g/mol. The van der Waals surface area contributed by atoms with Gasteiger partial charge in [0.2, 0.25) is 5.91 Å². The largest absolute Gasteiger partial charge is 0.497 e. The predicted octanol–water partition coefficient (Wildman–Crippen LogP) is 4.59. The van der Waals surface area contributed by atoms with Crippen LogP contribution >= 0.6 is 11.6 Å². The Morgan fingerprint density at radius 1 is 1.07 bits per heavy atom. The summed E-state index contributed by atoms with van der Waals surface area (Å²) in [5, 5.41) is 3.16. The number of carbonyl (C=O) groups is 1. The number of halogens is 1. The highest BCUT2D eigenvalue weighted by Gasteiger charge is 2.14. The van der Waals surface area contributed by atoms with Crippen LogP contribution in [0.25, 0.3) is 11.3 Å². The summed E-state index contributed by atoms with van der Waals surface area (Å²) in [6.45, 7) is 0. The first-order valence-corrected chi connectivity index (χ1v) is 9.22. The van der Waals surface area contributed by atoms with Crippen molar-refractivity contribution in [3.05, 3.63) is 53.5 Å². The van der Waals surface area contributed by atoms with Crippen molar-refractivity contribution in [3.63, 3.8) is 0 Å². The Bertz CT molecular complexity index is 985. The van der Waals surface area contributed by atoms with E-state index in [2.05, 4.69) is 10.3 Å². The van der Waals surface area contributed by atoms with Crippen LogP contribution in [0, 0.1) is 0 Å². The van der Waals surface area contributed by atoms with Crippen LogP contribution < -0.4 is 19.5 Å². The van der Waals surface area contributed by atoms with E-state index in [-0.39, 0.29) is 12.3 Å². The van der Waals surface area contributed by atoms with Gasteiger partial charge in [0.05, 0.1) is 38.2 Å². The number of anilines is 1. The van der Waals surface area contributed by atoms with Crippen molar-refractivity contribution in [3.8, 4) is 28.6 Å². The van der Waals surface area contributed by atoms with Gasteiger partial charge in [0.15, 0.2) is 11.7 Å². The zero-order valence-corrected chi connectivity index (χ0v) is 17.1. The van der Waals surface area contributed by atoms with Crippen LogP contribution in [0.2, 0.25) is 5.02 Å². The molecule has 0 saturated heterocycles. The minimum absolute atomic E-state index is 0.190. The van der Waals surface area contributed by atoms with Gasteiger partial charge >= 0.3 is 0 Å². The number of benzene rings is 2. The average molecular weight is 417 g/mol. The fourth-order valence-electron chi connectivity index (χ4n) is 2.71. The Hall–Kier alpha value is -3.19. The molecule has 152 valence electrons. The molecule has 3 aromatic rings. The van der Waals surface area contributed by atoms with Gasteiger partial charge in [-0.1, -0.05) is 11.6 Å². The molecule has 2 aromatic carbocycles. The van der Waals surface area contributed by atoms with Crippen molar-refractivity contribution in [2.45, 2.75) is 12.8 Å². The Morgan fingerprint density at radius 2 is 1.79 bits per heavy atom. The molecule has 0 spiro atoms. The lowest BCUT2D eigenvalue weighted by atomic mass is 10.2. The third-order valence-electron chi connectivity index (χ3n) is 4.24. The summed E-state index contributed by atoms with van der Waals surface area (Å²) < 4.78 is 21.3. The molecular weight excluding hydrogens is 396 g/mol. The van der Waals surface area contributed by atoms with E-state index in [0.717, 1.165) is 11.3 Å². The molecule has 8 heteroatoms. The Kier molecular flexibility index (Phi) is 6.61. The number of nitrogens with one attached hydrogen (secondary N) is 1. The second-order valence-corrected chi connectivity index (χ2v) is 6.49. The number of hydrogen-bond acceptors (Lipinski definition) is 6. The summed E-state index contributed by atoms with van der Waals surface area (Å²) in [6.07, 6.45) is 2.19. The van der Waals surface area contributed by atoms with E-state index in [4.69, 9.17) is 30.2 Å². The zero-order valence-electron chi connectivity index (χ0n) is 16.3. The molecule has 1 amide bonds. The summed E-state index contributed by atoms with van der Waals surface area (Å²) >= 11 is 6.13. The van der Waals surface area contributed by atoms with Crippen LogP contribution in [0.4, 0.5) is 5.69 Å². The van der Waals surface area contributed by atoms with Crippen LogP contribution in [0.5, 0.6) is 17.2 Å². The number of rotatable bonds is 8. The molecule has 1 aromatic heterocycles. The number of amides is 1. The van der Waals surface area contributed by atoms with E-state index in [1.807, 2.05) is 24.3 Å². The van der Waals surface area contributed by atoms with Gasteiger partial charge in [0.1, 0.15) is 17.2 Å². The molecule has 0 atom stereocenters. The standard InChI is InChI=1S/C21H21ClN2O5/c1-26-14-6-4-13(5-7-14)19-12-23-21(29-19)9-8-20(25)24-16-10-15(22)17(27-2)11-18(16)28-3/h4-7,10-12H,8-9H2,1-3H3,(H,24,25). The molecular formula is C21H21ClN2O5. The number of nitrogens with zero attached hydrogens (tertiary/aromatic N) is 1. The van der Waals surface area contributed by atoms with Crippen LogP contribution in [0.1, 0.15) is 12.3 Å². The number of methoxy groups -OCH3 is 3. The van der Waals surface area contributed by atoms with Gasteiger partial charge in [-0.3, -0.25) is 4.79 Å². The average Bonchev–Trinajstić information content (AvgIpc) is 3.21. The van der Waals surface area contributed by atoms with E-state index in [1.54, 1.807) is 25.4 Å². The van der Waals surface area contributed by atoms with Crippen molar-refractivity contribution in [2.24, 2.45) is 0 Å². The molecule has 0 aliphatic carbocycles. The topological polar surface area (TPSA) is 82.8 Å². The summed E-state index contributed by atoms with van der Waals surface area (Å²) in [5.74, 6) is 2.58. The number of hydrogen-bond donors (Lipinski definition) is 1. The minimum atomic E-state index is -0.214. The Morgan fingerprint density at radius 3 is 2.45 bits per heavy atom. The van der Waals surface area contributed by atoms with Gasteiger partial charge < -0.3 is 23.9 Å². The van der Waals surface area contributed by atoms with Gasteiger partial charge in [-0.25, -0.2) is 4.98 Å². The number of aromatic nitrogens is 1. The highest BCUT2D eigenvalue weighted by atomic mass is 35.5. The maximum atomic E-state index is 12.3. The van der Waals surface area contributed by atoms with Gasteiger partial charge in [-0.2, -0.15) is 0 Å². The smallest absolute Gasteiger partial charge is 0.224 e. The number of carbonyl (C=O) groups excluding carboxylic acids is 1. The first-order chi connectivity index (χ1) is 14.0. The van der Waals surface area contributed by atoms with Gasteiger partial charge in [-0.05, 0) is 30.3 Å². The van der Waals surface area contributed by atoms with E-state index in [9.17, 15) is 4.79 Å². The summed E-state index contributed by atoms with van der Waals surface area (Å²) in [5.41, 5.74) is 1.35. The molecule has 0 unspecified atom stereocenters. The van der Waals surface area contributed by atoms with Gasteiger partial charge in [0.25, 0.3) is 0 Å². The van der Waals surface area contributed by atoms with E-state index < -0.39 is 0 Å². The third kappa shape index (κ3) is 5.00. The zero-order chi connectivity index (χ0) is 20.8. The van der Waals surface area contributed by atoms with Crippen molar-refractivity contribution < 1.29 is 23.4 Å². The van der Waals surface area contributed by atoms with Gasteiger partial charge in [-0.15, -0.1) is 0 Å². The van der Waals surface area contributed by atoms with E-state index in [1.165, 1.54) is 14.2 Å². The third-order valence-corrected chi connectivity index (χ3v) is 4.54. The number of oxazole rings is 1. The SMILES string of the molecule is COc1ccc(-c2cnc(CCC(=O)Nc3cc(Cl)c(OC)cc3OC)o2)cc1. The Balaban J connectivity index is 1.61. The number of ether oxygens (including phenoxy) is 3. The molecule has 0 saturated carbocycles. The first-order valence-electron chi connectivity index (χ1n) is 8.84. The highest BCUT2D eigenvalue weighted by Crippen LogP contribution is 2.36. The van der Waals surface area contributed by atoms with Crippen LogP contribution in [0.3, 0.4) is 0 Å². The van der Waals surface area contributed by atoms with E-state index >= 15 is 0 Å². The molecule has 7 nitrogen and oxygen atoms in total. The van der Waals surface area contributed by atoms with Crippen molar-refractivity contribution in [1.29, 1.82) is 0 Å². The second kappa shape index (κ2) is 9.34. The molecule has 0 aliphatic rings. The Labute approximate surface area is 173 Å². The lowest BCUT2D eigenvalue weighted by Gasteiger charge is -2.12. The van der Waals surface area contributed by atoms with Crippen molar-refractivity contribution >= 4 is 23.2 Å². The number of aryl methyl sites for hydroxylation is 1. The molecule has 0 radical (unpaired) electrons. The van der Waals surface area contributed by atoms with Gasteiger partial charge in [0, 0.05) is 24.5 Å². The predicted molar refractivity (Wildman–Crippen MR) is 110 cm³/mol. The fraction of sp³-hybridized carbons (Fsp3) is 0.238. The lowest BCUT2D eigenvalue weighted by molar-refractivity contribution is -0.116. The maximum Gasteiger partial charge on any atom is 0.224 e. The molecule has 0 bridgehead atoms. The first kappa shape index (κ1) is 20.5. The van der Waals surface area contributed by atoms with Crippen LogP contribution in [-0.2, 0) is 11.2 Å². The summed E-state index contributed by atoms with van der Waals surface area (Å²) in [4.78, 5) is 16.6. The van der Waals surface area contributed by atoms with Crippen LogP contribution in [-0.4, -0.2) is 32.2 Å². The normalized spacial score (nSPS) is 10.5. The maximum absolute atomic E-state index is 12.3. The molecule has 1 N–H and O–H groups in total. The summed E-state index contributed by atoms with van der Waals surface area (Å²) in [7, 11) is 4.63. The van der Waals surface area contributed by atoms with E-state index in [0.29, 0.717) is 40.3 Å². The molecule has 0 aliphatic heterocycles. The highest BCUT2D eigenvalue weighted by molar-refractivity contribution is 6.32. The fourth-order valence-corrected chi connectivity index (χ4v) is 2.95. The van der Waals surface area contributed by atoms with Crippen molar-refractivity contribution in [1.82, 2.24) is 4.98 Å². The quantitative estimate of drug-likeness (QED) is 0.578. The lowest BCUT2D eigenvalue weighted by Crippen LogP contribution is -2.13. The second-order valence-electron chi connectivity index (χ2n) is 6.08.